The Morgan fingerprint density at radius 3 is 2.44 bits per heavy atom. The van der Waals surface area contributed by atoms with Gasteiger partial charge in [0.2, 0.25) is 0 Å². The molecular weight excluding hydrogens is 246 g/mol. The molecule has 0 aliphatic carbocycles. The largest absolute Gasteiger partial charge is 0.376 e. The van der Waals surface area contributed by atoms with Gasteiger partial charge in [0.1, 0.15) is 0 Å². The Labute approximate surface area is 113 Å². The van der Waals surface area contributed by atoms with Crippen LogP contribution in [-0.2, 0) is 0 Å². The molecule has 0 aliphatic heterocycles. The molecule has 1 aromatic carbocycles. The van der Waals surface area contributed by atoms with Gasteiger partial charge < -0.3 is 16.4 Å². The van der Waals surface area contributed by atoms with Crippen LogP contribution in [0.25, 0.3) is 0 Å². The molecule has 0 unspecified atom stereocenters. The van der Waals surface area contributed by atoms with E-state index in [1.54, 1.807) is 12.1 Å². The number of nitrogens with one attached hydrogen (secondary N) is 2. The highest BCUT2D eigenvalue weighted by Gasteiger charge is 2.17. The van der Waals surface area contributed by atoms with E-state index in [-0.39, 0.29) is 16.6 Å². The van der Waals surface area contributed by atoms with Crippen molar-refractivity contribution in [2.45, 2.75) is 33.2 Å². The fraction of sp³-hybridized carbons (Fsp3) is 0.385. The molecule has 0 aliphatic rings. The van der Waals surface area contributed by atoms with Gasteiger partial charge in [0.25, 0.3) is 5.91 Å². The van der Waals surface area contributed by atoms with Crippen LogP contribution in [0.1, 0.15) is 36.7 Å². The number of rotatable bonds is 2. The first-order valence-corrected chi connectivity index (χ1v) is 6.10. The Balaban J connectivity index is 3.03. The van der Waals surface area contributed by atoms with Crippen LogP contribution < -0.4 is 16.4 Å². The van der Waals surface area contributed by atoms with Crippen LogP contribution in [0.4, 0.5) is 5.69 Å². The van der Waals surface area contributed by atoms with Crippen LogP contribution >= 0.6 is 12.2 Å². The number of carbonyl (C=O) groups excluding carboxylic acids is 1. The molecule has 98 valence electrons. The lowest BCUT2D eigenvalue weighted by Crippen LogP contribution is -2.40. The lowest BCUT2D eigenvalue weighted by Gasteiger charge is -2.21. The van der Waals surface area contributed by atoms with Gasteiger partial charge in [-0.3, -0.25) is 4.79 Å². The number of hydrogen-bond acceptors (Lipinski definition) is 2. The van der Waals surface area contributed by atoms with Gasteiger partial charge in [0, 0.05) is 16.8 Å². The summed E-state index contributed by atoms with van der Waals surface area (Å²) < 4.78 is 0. The maximum absolute atomic E-state index is 12.1. The van der Waals surface area contributed by atoms with E-state index < -0.39 is 0 Å². The van der Waals surface area contributed by atoms with Gasteiger partial charge in [-0.15, -0.1) is 0 Å². The minimum atomic E-state index is -0.268. The summed E-state index contributed by atoms with van der Waals surface area (Å²) in [6.45, 7) is 7.68. The van der Waals surface area contributed by atoms with E-state index >= 15 is 0 Å². The fourth-order valence-corrected chi connectivity index (χ4v) is 1.67. The van der Waals surface area contributed by atoms with Gasteiger partial charge in [-0.25, -0.2) is 0 Å². The average Bonchev–Trinajstić information content (AvgIpc) is 2.17. The van der Waals surface area contributed by atoms with Gasteiger partial charge in [-0.2, -0.15) is 0 Å². The van der Waals surface area contributed by atoms with Crippen LogP contribution in [0, 0.1) is 6.92 Å². The molecule has 1 rings (SSSR count). The van der Waals surface area contributed by atoms with Crippen molar-refractivity contribution in [3.63, 3.8) is 0 Å². The Hall–Kier alpha value is -1.62. The standard InChI is InChI=1S/C13H19N3OS/c1-8-9(11(17)16-13(2,3)4)6-5-7-10(8)15-12(14)18/h5-7H,1-4H3,(H,16,17)(H3,14,15,18). The minimum Gasteiger partial charge on any atom is -0.376 e. The molecule has 0 aromatic heterocycles. The smallest absolute Gasteiger partial charge is 0.252 e. The number of hydrogen-bond donors (Lipinski definition) is 3. The van der Waals surface area contributed by atoms with Gasteiger partial charge in [-0.05, 0) is 57.6 Å². The van der Waals surface area contributed by atoms with E-state index in [2.05, 4.69) is 10.6 Å². The van der Waals surface area contributed by atoms with Crippen LogP contribution in [0.5, 0.6) is 0 Å². The molecule has 0 radical (unpaired) electrons. The quantitative estimate of drug-likeness (QED) is 0.717. The highest BCUT2D eigenvalue weighted by molar-refractivity contribution is 7.80. The lowest BCUT2D eigenvalue weighted by molar-refractivity contribution is 0.0919. The van der Waals surface area contributed by atoms with Crippen LogP contribution in [0.3, 0.4) is 0 Å². The summed E-state index contributed by atoms with van der Waals surface area (Å²) in [5.41, 5.74) is 7.37. The first-order chi connectivity index (χ1) is 8.20. The number of nitrogens with two attached hydrogens (primary N) is 1. The van der Waals surface area contributed by atoms with E-state index in [4.69, 9.17) is 18.0 Å². The predicted octanol–water partition coefficient (Wildman–Crippen LogP) is 2.18. The van der Waals surface area contributed by atoms with E-state index in [0.717, 1.165) is 11.3 Å². The number of anilines is 1. The number of thiocarbonyl (C=S) groups is 1. The molecular formula is C13H19N3OS. The normalized spacial score (nSPS) is 10.9. The zero-order valence-electron chi connectivity index (χ0n) is 11.1. The average molecular weight is 265 g/mol. The second-order valence-electron chi connectivity index (χ2n) is 5.17. The summed E-state index contributed by atoms with van der Waals surface area (Å²) in [7, 11) is 0. The van der Waals surface area contributed by atoms with Crippen LogP contribution in [0.15, 0.2) is 18.2 Å². The molecule has 4 N–H and O–H groups in total. The molecule has 4 nitrogen and oxygen atoms in total. The molecule has 0 heterocycles. The molecule has 0 saturated heterocycles. The Bertz CT molecular complexity index is 478. The van der Waals surface area contributed by atoms with Crippen molar-refractivity contribution in [2.24, 2.45) is 5.73 Å². The van der Waals surface area contributed by atoms with E-state index in [0.29, 0.717) is 5.56 Å². The first kappa shape index (κ1) is 14.4. The molecule has 1 aromatic rings. The van der Waals surface area contributed by atoms with E-state index in [1.165, 1.54) is 0 Å². The van der Waals surface area contributed by atoms with Gasteiger partial charge in [0.15, 0.2) is 5.11 Å². The SMILES string of the molecule is Cc1c(NC(N)=S)cccc1C(=O)NC(C)(C)C. The topological polar surface area (TPSA) is 67.1 Å². The number of carbonyl (C=O) groups is 1. The third-order valence-corrected chi connectivity index (χ3v) is 2.43. The van der Waals surface area contributed by atoms with Crippen molar-refractivity contribution in [1.29, 1.82) is 0 Å². The summed E-state index contributed by atoms with van der Waals surface area (Å²) in [5, 5.41) is 5.97. The van der Waals surface area contributed by atoms with Crippen LogP contribution in [-0.4, -0.2) is 16.6 Å². The Morgan fingerprint density at radius 1 is 1.33 bits per heavy atom. The Morgan fingerprint density at radius 2 is 1.94 bits per heavy atom. The third-order valence-electron chi connectivity index (χ3n) is 2.32. The molecule has 18 heavy (non-hydrogen) atoms. The zero-order chi connectivity index (χ0) is 13.9. The van der Waals surface area contributed by atoms with E-state index in [9.17, 15) is 4.79 Å². The minimum absolute atomic E-state index is 0.105. The summed E-state index contributed by atoms with van der Waals surface area (Å²) in [5.74, 6) is -0.105. The second-order valence-corrected chi connectivity index (χ2v) is 5.61. The molecule has 0 spiro atoms. The zero-order valence-corrected chi connectivity index (χ0v) is 11.9. The molecule has 0 bridgehead atoms. The van der Waals surface area contributed by atoms with Crippen LogP contribution in [0.2, 0.25) is 0 Å². The Kier molecular flexibility index (Phi) is 4.29. The summed E-state index contributed by atoms with van der Waals surface area (Å²) >= 11 is 4.80. The van der Waals surface area contributed by atoms with E-state index in [1.807, 2.05) is 33.8 Å². The summed E-state index contributed by atoms with van der Waals surface area (Å²) in [6.07, 6.45) is 0. The van der Waals surface area contributed by atoms with Crippen molar-refractivity contribution in [3.05, 3.63) is 29.3 Å². The van der Waals surface area contributed by atoms with Gasteiger partial charge in [0.05, 0.1) is 0 Å². The van der Waals surface area contributed by atoms with Gasteiger partial charge in [-0.1, -0.05) is 6.07 Å². The molecule has 5 heteroatoms. The fourth-order valence-electron chi connectivity index (χ4n) is 1.56. The highest BCUT2D eigenvalue weighted by atomic mass is 32.1. The van der Waals surface area contributed by atoms with Crippen molar-refractivity contribution in [1.82, 2.24) is 5.32 Å². The maximum atomic E-state index is 12.1. The van der Waals surface area contributed by atoms with Crippen molar-refractivity contribution in [2.75, 3.05) is 5.32 Å². The molecule has 1 amide bonds. The van der Waals surface area contributed by atoms with Gasteiger partial charge >= 0.3 is 0 Å². The first-order valence-electron chi connectivity index (χ1n) is 5.69. The highest BCUT2D eigenvalue weighted by Crippen LogP contribution is 2.19. The molecule has 0 saturated carbocycles. The predicted molar refractivity (Wildman–Crippen MR) is 78.8 cm³/mol. The monoisotopic (exact) mass is 265 g/mol. The summed E-state index contributed by atoms with van der Waals surface area (Å²) in [6, 6.07) is 5.41. The van der Waals surface area contributed by atoms with Crippen molar-refractivity contribution in [3.8, 4) is 0 Å². The molecule has 0 atom stereocenters. The molecule has 0 fully saturated rings. The number of benzene rings is 1. The maximum Gasteiger partial charge on any atom is 0.252 e. The lowest BCUT2D eigenvalue weighted by atomic mass is 10.0. The van der Waals surface area contributed by atoms with Crippen molar-refractivity contribution >= 4 is 28.9 Å². The number of amides is 1. The second kappa shape index (κ2) is 5.35. The third kappa shape index (κ3) is 4.00. The summed E-state index contributed by atoms with van der Waals surface area (Å²) in [4.78, 5) is 12.1. The van der Waals surface area contributed by atoms with Crippen molar-refractivity contribution < 1.29 is 4.79 Å².